The molecule has 3 aromatic carbocycles. The molecule has 4 nitrogen and oxygen atoms in total. The molecule has 0 aliphatic rings. The maximum atomic E-state index is 13.2. The van der Waals surface area contributed by atoms with E-state index in [1.165, 1.54) is 24.3 Å². The molecule has 128 valence electrons. The molecule has 0 bridgehead atoms. The molecule has 0 saturated carbocycles. The SMILES string of the molecule is Nc1cc2oc(-c3ccc(F)cc3)c(C(=O)O)c2cc1-c1ccccc1. The van der Waals surface area contributed by atoms with E-state index < -0.39 is 11.8 Å². The molecule has 5 heteroatoms. The number of nitrogens with two attached hydrogens (primary N) is 1. The predicted molar refractivity (Wildman–Crippen MR) is 98.4 cm³/mol. The molecular weight excluding hydrogens is 333 g/mol. The highest BCUT2D eigenvalue weighted by atomic mass is 19.1. The predicted octanol–water partition coefficient (Wildman–Crippen LogP) is 5.19. The number of halogens is 1. The molecule has 26 heavy (non-hydrogen) atoms. The first kappa shape index (κ1) is 15.9. The standard InChI is InChI=1S/C21H14FNO3/c22-14-8-6-13(7-9-14)20-19(21(24)25)16-10-15(12-4-2-1-3-5-12)17(23)11-18(16)26-20/h1-11H,23H2,(H,24,25). The summed E-state index contributed by atoms with van der Waals surface area (Å²) in [6, 6.07) is 18.3. The van der Waals surface area contributed by atoms with Crippen molar-refractivity contribution >= 4 is 22.6 Å². The van der Waals surface area contributed by atoms with Gasteiger partial charge in [0.2, 0.25) is 0 Å². The number of carbonyl (C=O) groups is 1. The summed E-state index contributed by atoms with van der Waals surface area (Å²) < 4.78 is 19.0. The van der Waals surface area contributed by atoms with Gasteiger partial charge in [0.15, 0.2) is 0 Å². The summed E-state index contributed by atoms with van der Waals surface area (Å²) >= 11 is 0. The van der Waals surface area contributed by atoms with Gasteiger partial charge in [-0.05, 0) is 35.9 Å². The fraction of sp³-hybridized carbons (Fsp3) is 0. The number of anilines is 1. The smallest absolute Gasteiger partial charge is 0.340 e. The van der Waals surface area contributed by atoms with E-state index >= 15 is 0 Å². The van der Waals surface area contributed by atoms with Crippen LogP contribution in [0, 0.1) is 5.82 Å². The number of hydrogen-bond acceptors (Lipinski definition) is 3. The van der Waals surface area contributed by atoms with E-state index in [0.717, 1.165) is 11.1 Å². The van der Waals surface area contributed by atoms with Crippen molar-refractivity contribution in [3.8, 4) is 22.5 Å². The van der Waals surface area contributed by atoms with Gasteiger partial charge in [-0.25, -0.2) is 9.18 Å². The number of carboxylic acids is 1. The van der Waals surface area contributed by atoms with Crippen molar-refractivity contribution in [2.75, 3.05) is 5.73 Å². The Balaban J connectivity index is 2.00. The molecule has 0 unspecified atom stereocenters. The lowest BCUT2D eigenvalue weighted by atomic mass is 9.99. The Kier molecular flexibility index (Phi) is 3.69. The van der Waals surface area contributed by atoms with Crippen LogP contribution in [0.1, 0.15) is 10.4 Å². The molecule has 0 saturated heterocycles. The number of aromatic carboxylic acids is 1. The lowest BCUT2D eigenvalue weighted by molar-refractivity contribution is 0.0699. The molecule has 0 amide bonds. The van der Waals surface area contributed by atoms with Gasteiger partial charge in [0.25, 0.3) is 0 Å². The first-order valence-electron chi connectivity index (χ1n) is 7.95. The minimum absolute atomic E-state index is 0.0313. The average Bonchev–Trinajstić information content (AvgIpc) is 3.00. The highest BCUT2D eigenvalue weighted by Crippen LogP contribution is 2.38. The van der Waals surface area contributed by atoms with Crippen molar-refractivity contribution < 1.29 is 18.7 Å². The summed E-state index contributed by atoms with van der Waals surface area (Å²) in [4.78, 5) is 11.9. The maximum absolute atomic E-state index is 13.2. The molecular formula is C21H14FNO3. The largest absolute Gasteiger partial charge is 0.478 e. The van der Waals surface area contributed by atoms with E-state index in [2.05, 4.69) is 0 Å². The molecule has 0 fully saturated rings. The number of carboxylic acid groups (broad SMARTS) is 1. The summed E-state index contributed by atoms with van der Waals surface area (Å²) in [7, 11) is 0. The van der Waals surface area contributed by atoms with Crippen molar-refractivity contribution in [1.82, 2.24) is 0 Å². The molecule has 4 rings (SSSR count). The highest BCUT2D eigenvalue weighted by molar-refractivity contribution is 6.10. The summed E-state index contributed by atoms with van der Waals surface area (Å²) in [5, 5.41) is 10.2. The minimum Gasteiger partial charge on any atom is -0.478 e. The van der Waals surface area contributed by atoms with Crippen LogP contribution in [0.25, 0.3) is 33.4 Å². The minimum atomic E-state index is -1.12. The number of fused-ring (bicyclic) bond motifs is 1. The third kappa shape index (κ3) is 2.59. The van der Waals surface area contributed by atoms with E-state index in [1.807, 2.05) is 30.3 Å². The molecule has 0 spiro atoms. The molecule has 1 heterocycles. The van der Waals surface area contributed by atoms with Crippen LogP contribution in [0.15, 0.2) is 71.1 Å². The monoisotopic (exact) mass is 347 g/mol. The van der Waals surface area contributed by atoms with Crippen molar-refractivity contribution in [1.29, 1.82) is 0 Å². The van der Waals surface area contributed by atoms with Gasteiger partial charge >= 0.3 is 5.97 Å². The first-order chi connectivity index (χ1) is 12.5. The summed E-state index contributed by atoms with van der Waals surface area (Å²) in [5.41, 5.74) is 9.14. The summed E-state index contributed by atoms with van der Waals surface area (Å²) in [6.07, 6.45) is 0. The Hall–Kier alpha value is -3.60. The van der Waals surface area contributed by atoms with Crippen LogP contribution in [-0.2, 0) is 0 Å². The quantitative estimate of drug-likeness (QED) is 0.500. The molecule has 0 aliphatic carbocycles. The lowest BCUT2D eigenvalue weighted by Crippen LogP contribution is -1.98. The van der Waals surface area contributed by atoms with Crippen molar-refractivity contribution in [2.24, 2.45) is 0 Å². The van der Waals surface area contributed by atoms with E-state index in [-0.39, 0.29) is 11.3 Å². The zero-order valence-electron chi connectivity index (χ0n) is 13.6. The van der Waals surface area contributed by atoms with Crippen LogP contribution in [0.2, 0.25) is 0 Å². The van der Waals surface area contributed by atoms with E-state index in [9.17, 15) is 14.3 Å². The normalized spacial score (nSPS) is 11.0. The van der Waals surface area contributed by atoms with E-state index in [4.69, 9.17) is 10.2 Å². The number of benzene rings is 3. The zero-order valence-corrected chi connectivity index (χ0v) is 13.6. The molecule has 0 atom stereocenters. The number of furan rings is 1. The molecule has 1 aromatic heterocycles. The highest BCUT2D eigenvalue weighted by Gasteiger charge is 2.23. The van der Waals surface area contributed by atoms with Crippen molar-refractivity contribution in [2.45, 2.75) is 0 Å². The Morgan fingerprint density at radius 2 is 1.65 bits per heavy atom. The third-order valence-electron chi connectivity index (χ3n) is 4.27. The topological polar surface area (TPSA) is 76.5 Å². The second-order valence-electron chi connectivity index (χ2n) is 5.92. The van der Waals surface area contributed by atoms with E-state index in [0.29, 0.717) is 22.2 Å². The third-order valence-corrected chi connectivity index (χ3v) is 4.27. The zero-order chi connectivity index (χ0) is 18.3. The van der Waals surface area contributed by atoms with E-state index in [1.54, 1.807) is 12.1 Å². The van der Waals surface area contributed by atoms with Gasteiger partial charge in [0.05, 0.1) is 0 Å². The van der Waals surface area contributed by atoms with Crippen LogP contribution in [-0.4, -0.2) is 11.1 Å². The number of hydrogen-bond donors (Lipinski definition) is 2. The molecule has 3 N–H and O–H groups in total. The molecule has 0 aliphatic heterocycles. The molecule has 0 radical (unpaired) electrons. The van der Waals surface area contributed by atoms with Crippen molar-refractivity contribution in [3.63, 3.8) is 0 Å². The number of nitrogen functional groups attached to an aromatic ring is 1. The number of rotatable bonds is 3. The van der Waals surface area contributed by atoms with Gasteiger partial charge in [-0.1, -0.05) is 30.3 Å². The first-order valence-corrected chi connectivity index (χ1v) is 7.95. The Morgan fingerprint density at radius 1 is 0.962 bits per heavy atom. The van der Waals surface area contributed by atoms with Gasteiger partial charge in [0, 0.05) is 28.3 Å². The van der Waals surface area contributed by atoms with Gasteiger partial charge in [-0.2, -0.15) is 0 Å². The maximum Gasteiger partial charge on any atom is 0.340 e. The van der Waals surface area contributed by atoms with Crippen LogP contribution in [0.4, 0.5) is 10.1 Å². The van der Waals surface area contributed by atoms with Crippen LogP contribution < -0.4 is 5.73 Å². The van der Waals surface area contributed by atoms with Gasteiger partial charge in [-0.15, -0.1) is 0 Å². The fourth-order valence-electron chi connectivity index (χ4n) is 3.04. The Morgan fingerprint density at radius 3 is 2.31 bits per heavy atom. The Bertz CT molecular complexity index is 1120. The summed E-state index contributed by atoms with van der Waals surface area (Å²) in [6.45, 7) is 0. The van der Waals surface area contributed by atoms with Crippen LogP contribution >= 0.6 is 0 Å². The second-order valence-corrected chi connectivity index (χ2v) is 5.92. The average molecular weight is 347 g/mol. The van der Waals surface area contributed by atoms with Crippen LogP contribution in [0.3, 0.4) is 0 Å². The van der Waals surface area contributed by atoms with Gasteiger partial charge < -0.3 is 15.3 Å². The molecule has 4 aromatic rings. The lowest BCUT2D eigenvalue weighted by Gasteiger charge is -2.06. The second kappa shape index (κ2) is 6.04. The summed E-state index contributed by atoms with van der Waals surface area (Å²) in [5.74, 6) is -1.35. The van der Waals surface area contributed by atoms with Gasteiger partial charge in [-0.3, -0.25) is 0 Å². The van der Waals surface area contributed by atoms with Crippen molar-refractivity contribution in [3.05, 3.63) is 78.1 Å². The van der Waals surface area contributed by atoms with Gasteiger partial charge in [0.1, 0.15) is 22.7 Å². The Labute approximate surface area is 148 Å². The fourth-order valence-corrected chi connectivity index (χ4v) is 3.04. The van der Waals surface area contributed by atoms with Crippen LogP contribution in [0.5, 0.6) is 0 Å².